The van der Waals surface area contributed by atoms with Crippen molar-refractivity contribution < 1.29 is 9.84 Å². The molecule has 0 bridgehead atoms. The predicted molar refractivity (Wildman–Crippen MR) is 125 cm³/mol. The van der Waals surface area contributed by atoms with Crippen LogP contribution < -0.4 is 10.1 Å². The predicted octanol–water partition coefficient (Wildman–Crippen LogP) is 6.18. The van der Waals surface area contributed by atoms with E-state index in [4.69, 9.17) is 4.74 Å². The fraction of sp³-hybridized carbons (Fsp3) is 0.481. The monoisotopic (exact) mass is 405 g/mol. The quantitative estimate of drug-likeness (QED) is 0.578. The molecule has 4 rings (SSSR count). The fourth-order valence-corrected chi connectivity index (χ4v) is 5.40. The number of benzene rings is 2. The Morgan fingerprint density at radius 3 is 2.80 bits per heavy atom. The highest BCUT2D eigenvalue weighted by atomic mass is 16.5. The third kappa shape index (κ3) is 4.57. The Morgan fingerprint density at radius 2 is 2.03 bits per heavy atom. The van der Waals surface area contributed by atoms with Crippen LogP contribution in [0.2, 0.25) is 0 Å². The molecule has 160 valence electrons. The lowest BCUT2D eigenvalue weighted by Crippen LogP contribution is -2.40. The van der Waals surface area contributed by atoms with Crippen LogP contribution in [0.1, 0.15) is 68.6 Å². The van der Waals surface area contributed by atoms with Crippen molar-refractivity contribution in [2.45, 2.75) is 76.5 Å². The number of aliphatic hydroxyl groups is 1. The molecular formula is C27H35NO2. The molecule has 0 saturated heterocycles. The minimum atomic E-state index is -0.192. The van der Waals surface area contributed by atoms with Gasteiger partial charge in [-0.3, -0.25) is 0 Å². The molecule has 1 aliphatic carbocycles. The third-order valence-corrected chi connectivity index (χ3v) is 6.93. The van der Waals surface area contributed by atoms with Crippen LogP contribution in [0.4, 0.5) is 5.69 Å². The number of ether oxygens (including phenoxy) is 1. The number of hydrogen-bond acceptors (Lipinski definition) is 3. The summed E-state index contributed by atoms with van der Waals surface area (Å²) in [5.41, 5.74) is 5.00. The summed E-state index contributed by atoms with van der Waals surface area (Å²) in [6.45, 7) is 8.50. The second-order valence-corrected chi connectivity index (χ2v) is 9.15. The number of anilines is 1. The lowest BCUT2D eigenvalue weighted by atomic mass is 9.68. The molecule has 2 aliphatic rings. The van der Waals surface area contributed by atoms with Gasteiger partial charge in [-0.05, 0) is 87.0 Å². The van der Waals surface area contributed by atoms with Crippen LogP contribution >= 0.6 is 0 Å². The molecule has 1 saturated carbocycles. The minimum Gasteiger partial charge on any atom is -0.491 e. The summed E-state index contributed by atoms with van der Waals surface area (Å²) in [4.78, 5) is 0. The molecule has 3 heteroatoms. The molecule has 0 spiro atoms. The molecule has 0 amide bonds. The first-order valence-corrected chi connectivity index (χ1v) is 11.5. The van der Waals surface area contributed by atoms with Crippen LogP contribution in [0.5, 0.6) is 5.75 Å². The van der Waals surface area contributed by atoms with Gasteiger partial charge in [-0.1, -0.05) is 43.0 Å². The number of rotatable bonds is 7. The Kier molecular flexibility index (Phi) is 6.48. The molecule has 0 aromatic heterocycles. The zero-order valence-corrected chi connectivity index (χ0v) is 18.3. The van der Waals surface area contributed by atoms with Gasteiger partial charge in [0.1, 0.15) is 5.75 Å². The summed E-state index contributed by atoms with van der Waals surface area (Å²) in [6.07, 6.45) is 7.97. The zero-order valence-electron chi connectivity index (χ0n) is 18.3. The molecular weight excluding hydrogens is 370 g/mol. The average Bonchev–Trinajstić information content (AvgIpc) is 2.73. The standard InChI is InChI=1S/C27H35NO2/c1-4-21-15-23(30-18(2)9-8-12-20-10-6-5-7-11-20)17-26-27(21)25-16-22(29)13-14-24(25)19(3)28-26/h4-7,10-11,15,17-19,22,24-25,28-29H,1,8-9,12-14,16H2,2-3H3/t18-,19+,22-,24+,25-/m1/s1. The summed E-state index contributed by atoms with van der Waals surface area (Å²) < 4.78 is 6.32. The normalized spacial score (nSPS) is 26.1. The first-order valence-electron chi connectivity index (χ1n) is 11.5. The molecule has 2 aromatic carbocycles. The van der Waals surface area contributed by atoms with E-state index in [1.807, 2.05) is 6.08 Å². The Hall–Kier alpha value is -2.26. The van der Waals surface area contributed by atoms with E-state index in [2.05, 4.69) is 68.2 Å². The van der Waals surface area contributed by atoms with E-state index in [0.29, 0.717) is 17.9 Å². The van der Waals surface area contributed by atoms with Crippen LogP contribution in [0.3, 0.4) is 0 Å². The minimum absolute atomic E-state index is 0.162. The highest BCUT2D eigenvalue weighted by Crippen LogP contribution is 2.49. The van der Waals surface area contributed by atoms with Crippen LogP contribution in [-0.2, 0) is 6.42 Å². The van der Waals surface area contributed by atoms with E-state index < -0.39 is 0 Å². The van der Waals surface area contributed by atoms with Gasteiger partial charge in [-0.15, -0.1) is 0 Å². The van der Waals surface area contributed by atoms with Gasteiger partial charge in [-0.25, -0.2) is 0 Å². The molecule has 2 N–H and O–H groups in total. The second-order valence-electron chi connectivity index (χ2n) is 9.15. The molecule has 0 unspecified atom stereocenters. The molecule has 5 atom stereocenters. The number of aryl methyl sites for hydroxylation is 1. The van der Waals surface area contributed by atoms with E-state index in [1.165, 1.54) is 11.1 Å². The lowest BCUT2D eigenvalue weighted by Gasteiger charge is -2.44. The van der Waals surface area contributed by atoms with Crippen molar-refractivity contribution in [1.82, 2.24) is 0 Å². The summed E-state index contributed by atoms with van der Waals surface area (Å²) >= 11 is 0. The van der Waals surface area contributed by atoms with Crippen molar-refractivity contribution in [3.63, 3.8) is 0 Å². The Balaban J connectivity index is 1.46. The van der Waals surface area contributed by atoms with E-state index in [0.717, 1.165) is 55.5 Å². The van der Waals surface area contributed by atoms with Crippen molar-refractivity contribution in [2.24, 2.45) is 5.92 Å². The third-order valence-electron chi connectivity index (χ3n) is 6.93. The maximum atomic E-state index is 10.3. The largest absolute Gasteiger partial charge is 0.491 e. The Morgan fingerprint density at radius 1 is 1.23 bits per heavy atom. The molecule has 1 heterocycles. The highest BCUT2D eigenvalue weighted by Gasteiger charge is 2.39. The van der Waals surface area contributed by atoms with Gasteiger partial charge in [0.05, 0.1) is 12.2 Å². The maximum Gasteiger partial charge on any atom is 0.122 e. The van der Waals surface area contributed by atoms with E-state index in [-0.39, 0.29) is 12.2 Å². The Bertz CT molecular complexity index is 863. The van der Waals surface area contributed by atoms with Crippen molar-refractivity contribution >= 4 is 11.8 Å². The van der Waals surface area contributed by atoms with E-state index in [1.54, 1.807) is 0 Å². The molecule has 3 nitrogen and oxygen atoms in total. The number of aliphatic hydroxyl groups excluding tert-OH is 1. The van der Waals surface area contributed by atoms with Crippen molar-refractivity contribution in [3.05, 3.63) is 65.7 Å². The summed E-state index contributed by atoms with van der Waals surface area (Å²) in [5.74, 6) is 1.87. The number of fused-ring (bicyclic) bond motifs is 3. The topological polar surface area (TPSA) is 41.5 Å². The van der Waals surface area contributed by atoms with Gasteiger partial charge >= 0.3 is 0 Å². The van der Waals surface area contributed by atoms with Crippen molar-refractivity contribution in [2.75, 3.05) is 5.32 Å². The van der Waals surface area contributed by atoms with Gasteiger partial charge in [-0.2, -0.15) is 0 Å². The summed E-state index contributed by atoms with van der Waals surface area (Å²) in [6, 6.07) is 15.3. The SMILES string of the molecule is C=Cc1cc(O[C@H](C)CCCc2ccccc2)cc2c1[C@@H]1C[C@H](O)CC[C@H]1[C@H](C)N2. The maximum absolute atomic E-state index is 10.3. The van der Waals surface area contributed by atoms with Gasteiger partial charge in [0.2, 0.25) is 0 Å². The van der Waals surface area contributed by atoms with Crippen LogP contribution in [0.15, 0.2) is 49.0 Å². The van der Waals surface area contributed by atoms with Crippen LogP contribution in [0.25, 0.3) is 6.08 Å². The molecule has 30 heavy (non-hydrogen) atoms. The van der Waals surface area contributed by atoms with Gasteiger partial charge in [0.15, 0.2) is 0 Å². The average molecular weight is 406 g/mol. The molecule has 2 aromatic rings. The lowest BCUT2D eigenvalue weighted by molar-refractivity contribution is 0.0874. The van der Waals surface area contributed by atoms with E-state index in [9.17, 15) is 5.11 Å². The van der Waals surface area contributed by atoms with Gasteiger partial charge < -0.3 is 15.2 Å². The smallest absolute Gasteiger partial charge is 0.122 e. The van der Waals surface area contributed by atoms with Gasteiger partial charge in [0, 0.05) is 17.8 Å². The fourth-order valence-electron chi connectivity index (χ4n) is 5.40. The number of hydrogen-bond donors (Lipinski definition) is 2. The summed E-state index contributed by atoms with van der Waals surface area (Å²) in [5, 5.41) is 14.0. The highest BCUT2D eigenvalue weighted by molar-refractivity contribution is 5.70. The zero-order chi connectivity index (χ0) is 21.1. The number of nitrogens with one attached hydrogen (secondary N) is 1. The van der Waals surface area contributed by atoms with E-state index >= 15 is 0 Å². The Labute approximate surface area is 181 Å². The second kappa shape index (κ2) is 9.26. The molecule has 1 fully saturated rings. The van der Waals surface area contributed by atoms with Gasteiger partial charge in [0.25, 0.3) is 0 Å². The first-order chi connectivity index (χ1) is 14.5. The van der Waals surface area contributed by atoms with Crippen LogP contribution in [0, 0.1) is 5.92 Å². The van der Waals surface area contributed by atoms with Crippen molar-refractivity contribution in [3.8, 4) is 5.75 Å². The molecule has 1 aliphatic heterocycles. The van der Waals surface area contributed by atoms with Crippen LogP contribution in [-0.4, -0.2) is 23.4 Å². The first kappa shape index (κ1) is 21.0. The molecule has 0 radical (unpaired) electrons. The van der Waals surface area contributed by atoms with Crippen molar-refractivity contribution in [1.29, 1.82) is 0 Å². The summed E-state index contributed by atoms with van der Waals surface area (Å²) in [7, 11) is 0.